The highest BCUT2D eigenvalue weighted by Gasteiger charge is 2.21. The highest BCUT2D eigenvalue weighted by molar-refractivity contribution is 5.95. The Labute approximate surface area is 176 Å². The molecule has 2 aromatic carbocycles. The third kappa shape index (κ3) is 5.83. The van der Waals surface area contributed by atoms with Crippen molar-refractivity contribution >= 4 is 29.2 Å². The zero-order valence-corrected chi connectivity index (χ0v) is 17.1. The van der Waals surface area contributed by atoms with E-state index < -0.39 is 0 Å². The van der Waals surface area contributed by atoms with Crippen LogP contribution in [0.3, 0.4) is 0 Å². The summed E-state index contributed by atoms with van der Waals surface area (Å²) in [6.07, 6.45) is 3.20. The number of nitrogens with one attached hydrogen (secondary N) is 1. The van der Waals surface area contributed by atoms with Gasteiger partial charge in [0, 0.05) is 30.4 Å². The molecular weight excluding hydrogens is 384 g/mol. The van der Waals surface area contributed by atoms with E-state index in [2.05, 4.69) is 5.32 Å². The van der Waals surface area contributed by atoms with Crippen LogP contribution in [-0.4, -0.2) is 37.5 Å². The van der Waals surface area contributed by atoms with E-state index in [0.717, 1.165) is 24.9 Å². The molecule has 1 aliphatic heterocycles. The summed E-state index contributed by atoms with van der Waals surface area (Å²) >= 11 is 0. The van der Waals surface area contributed by atoms with Gasteiger partial charge in [0.05, 0.1) is 12.2 Å². The lowest BCUT2D eigenvalue weighted by atomic mass is 10.2. The molecule has 1 heterocycles. The van der Waals surface area contributed by atoms with E-state index in [1.165, 1.54) is 0 Å². The fourth-order valence-corrected chi connectivity index (χ4v) is 3.09. The van der Waals surface area contributed by atoms with Crippen LogP contribution in [-0.2, 0) is 14.3 Å². The molecule has 30 heavy (non-hydrogen) atoms. The van der Waals surface area contributed by atoms with E-state index in [4.69, 9.17) is 9.47 Å². The quantitative estimate of drug-likeness (QED) is 0.502. The Morgan fingerprint density at radius 2 is 1.93 bits per heavy atom. The average molecular weight is 410 g/mol. The van der Waals surface area contributed by atoms with Gasteiger partial charge < -0.3 is 19.7 Å². The maximum absolute atomic E-state index is 12.2. The second kappa shape index (κ2) is 10.4. The molecule has 158 valence electrons. The van der Waals surface area contributed by atoms with Gasteiger partial charge in [-0.15, -0.1) is 0 Å². The van der Waals surface area contributed by atoms with E-state index >= 15 is 0 Å². The van der Waals surface area contributed by atoms with Crippen molar-refractivity contribution in [2.75, 3.05) is 30.0 Å². The number of ether oxygens (including phenoxy) is 2. The third-order valence-electron chi connectivity index (χ3n) is 4.71. The summed E-state index contributed by atoms with van der Waals surface area (Å²) in [5.74, 6) is -0.0768. The fourth-order valence-electron chi connectivity index (χ4n) is 3.09. The maximum Gasteiger partial charge on any atom is 0.338 e. The van der Waals surface area contributed by atoms with Gasteiger partial charge in [-0.05, 0) is 49.2 Å². The molecule has 0 bridgehead atoms. The van der Waals surface area contributed by atoms with Gasteiger partial charge in [-0.3, -0.25) is 9.59 Å². The lowest BCUT2D eigenvalue weighted by Crippen LogP contribution is -2.24. The first-order valence-electron chi connectivity index (χ1n) is 10.2. The number of nitrogens with zero attached hydrogens (tertiary/aromatic N) is 1. The Morgan fingerprint density at radius 1 is 1.13 bits per heavy atom. The van der Waals surface area contributed by atoms with Gasteiger partial charge in [-0.25, -0.2) is 4.79 Å². The molecule has 3 rings (SSSR count). The van der Waals surface area contributed by atoms with Crippen LogP contribution in [0.15, 0.2) is 48.5 Å². The molecule has 1 N–H and O–H groups in total. The molecule has 0 aliphatic carbocycles. The first kappa shape index (κ1) is 21.4. The summed E-state index contributed by atoms with van der Waals surface area (Å²) in [6.45, 7) is 2.96. The standard InChI is InChI=1S/C23H26N2O5/c1-2-3-14-29-23(28)17-9-11-18(12-10-17)24-21(26)16-30-20-7-4-6-19(15-20)25-13-5-8-22(25)27/h4,6-7,9-12,15H,2-3,5,8,13-14,16H2,1H3,(H,24,26). The molecule has 0 radical (unpaired) electrons. The molecule has 0 aromatic heterocycles. The van der Waals surface area contributed by atoms with E-state index in [1.807, 2.05) is 13.0 Å². The van der Waals surface area contributed by atoms with Crippen molar-refractivity contribution in [1.82, 2.24) is 0 Å². The van der Waals surface area contributed by atoms with Gasteiger partial charge in [-0.1, -0.05) is 19.4 Å². The van der Waals surface area contributed by atoms with Gasteiger partial charge in [0.2, 0.25) is 5.91 Å². The van der Waals surface area contributed by atoms with Crippen molar-refractivity contribution in [3.05, 3.63) is 54.1 Å². The zero-order valence-electron chi connectivity index (χ0n) is 17.1. The van der Waals surface area contributed by atoms with Crippen LogP contribution >= 0.6 is 0 Å². The molecule has 7 nitrogen and oxygen atoms in total. The molecule has 0 unspecified atom stereocenters. The van der Waals surface area contributed by atoms with Gasteiger partial charge in [0.1, 0.15) is 5.75 Å². The van der Waals surface area contributed by atoms with E-state index in [1.54, 1.807) is 47.4 Å². The number of carbonyl (C=O) groups excluding carboxylic acids is 3. The maximum atomic E-state index is 12.2. The van der Waals surface area contributed by atoms with E-state index in [0.29, 0.717) is 36.6 Å². The minimum absolute atomic E-state index is 0.0996. The Kier molecular flexibility index (Phi) is 7.43. The lowest BCUT2D eigenvalue weighted by Gasteiger charge is -2.16. The van der Waals surface area contributed by atoms with Gasteiger partial charge in [0.25, 0.3) is 5.91 Å². The zero-order chi connectivity index (χ0) is 21.3. The summed E-state index contributed by atoms with van der Waals surface area (Å²) < 4.78 is 10.7. The molecule has 0 atom stereocenters. The van der Waals surface area contributed by atoms with Crippen LogP contribution in [0.2, 0.25) is 0 Å². The van der Waals surface area contributed by atoms with Crippen LogP contribution < -0.4 is 15.0 Å². The van der Waals surface area contributed by atoms with Crippen molar-refractivity contribution in [3.63, 3.8) is 0 Å². The molecular formula is C23H26N2O5. The number of unbranched alkanes of at least 4 members (excludes halogenated alkanes) is 1. The summed E-state index contributed by atoms with van der Waals surface area (Å²) in [5, 5.41) is 2.73. The van der Waals surface area contributed by atoms with Crippen LogP contribution in [0.25, 0.3) is 0 Å². The Morgan fingerprint density at radius 3 is 2.63 bits per heavy atom. The predicted molar refractivity (Wildman–Crippen MR) is 114 cm³/mol. The summed E-state index contributed by atoms with van der Waals surface area (Å²) in [7, 11) is 0. The van der Waals surface area contributed by atoms with Crippen molar-refractivity contribution in [2.45, 2.75) is 32.6 Å². The number of hydrogen-bond acceptors (Lipinski definition) is 5. The van der Waals surface area contributed by atoms with Crippen LogP contribution in [0, 0.1) is 0 Å². The Hall–Kier alpha value is -3.35. The smallest absolute Gasteiger partial charge is 0.338 e. The number of rotatable bonds is 9. The SMILES string of the molecule is CCCCOC(=O)c1ccc(NC(=O)COc2cccc(N3CCCC3=O)c2)cc1. The van der Waals surface area contributed by atoms with Crippen molar-refractivity contribution < 1.29 is 23.9 Å². The number of anilines is 2. The number of benzene rings is 2. The minimum atomic E-state index is -0.374. The molecule has 0 spiro atoms. The van der Waals surface area contributed by atoms with Gasteiger partial charge >= 0.3 is 5.97 Å². The second-order valence-corrected chi connectivity index (χ2v) is 7.05. The lowest BCUT2D eigenvalue weighted by molar-refractivity contribution is -0.118. The summed E-state index contributed by atoms with van der Waals surface area (Å²) in [4.78, 5) is 37.7. The molecule has 1 fully saturated rings. The summed E-state index contributed by atoms with van der Waals surface area (Å²) in [6, 6.07) is 13.7. The highest BCUT2D eigenvalue weighted by Crippen LogP contribution is 2.25. The largest absolute Gasteiger partial charge is 0.484 e. The van der Waals surface area contributed by atoms with Crippen LogP contribution in [0.5, 0.6) is 5.75 Å². The first-order chi connectivity index (χ1) is 14.6. The van der Waals surface area contributed by atoms with Gasteiger partial charge in [0.15, 0.2) is 6.61 Å². The minimum Gasteiger partial charge on any atom is -0.484 e. The molecule has 2 amide bonds. The number of amides is 2. The molecule has 7 heteroatoms. The van der Waals surface area contributed by atoms with Crippen molar-refractivity contribution in [3.8, 4) is 5.75 Å². The van der Waals surface area contributed by atoms with E-state index in [9.17, 15) is 14.4 Å². The fraction of sp³-hybridized carbons (Fsp3) is 0.348. The second-order valence-electron chi connectivity index (χ2n) is 7.05. The number of carbonyl (C=O) groups is 3. The number of esters is 1. The van der Waals surface area contributed by atoms with Crippen LogP contribution in [0.1, 0.15) is 43.0 Å². The van der Waals surface area contributed by atoms with E-state index in [-0.39, 0.29) is 24.4 Å². The molecule has 0 saturated carbocycles. The molecule has 2 aromatic rings. The highest BCUT2D eigenvalue weighted by atomic mass is 16.5. The normalized spacial score (nSPS) is 13.2. The third-order valence-corrected chi connectivity index (χ3v) is 4.71. The first-order valence-corrected chi connectivity index (χ1v) is 10.2. The van der Waals surface area contributed by atoms with Gasteiger partial charge in [-0.2, -0.15) is 0 Å². The Bertz CT molecular complexity index is 895. The predicted octanol–water partition coefficient (Wildman–Crippen LogP) is 3.79. The average Bonchev–Trinajstić information content (AvgIpc) is 3.19. The Balaban J connectivity index is 1.49. The molecule has 1 aliphatic rings. The van der Waals surface area contributed by atoms with Crippen molar-refractivity contribution in [1.29, 1.82) is 0 Å². The number of hydrogen-bond donors (Lipinski definition) is 1. The molecule has 1 saturated heterocycles. The van der Waals surface area contributed by atoms with Crippen LogP contribution in [0.4, 0.5) is 11.4 Å². The van der Waals surface area contributed by atoms with Crippen molar-refractivity contribution in [2.24, 2.45) is 0 Å². The monoisotopic (exact) mass is 410 g/mol. The topological polar surface area (TPSA) is 84.9 Å². The summed E-state index contributed by atoms with van der Waals surface area (Å²) in [5.41, 5.74) is 1.77.